The summed E-state index contributed by atoms with van der Waals surface area (Å²) in [5.74, 6) is 7.01. The number of benzene rings is 1. The van der Waals surface area contributed by atoms with Crippen LogP contribution < -0.4 is 21.1 Å². The number of hydrogen-bond acceptors (Lipinski definition) is 8. The Labute approximate surface area is 249 Å². The van der Waals surface area contributed by atoms with E-state index in [9.17, 15) is 20.1 Å². The van der Waals surface area contributed by atoms with E-state index in [1.165, 1.54) is 6.92 Å². The lowest BCUT2D eigenvalue weighted by molar-refractivity contribution is -0.152. The summed E-state index contributed by atoms with van der Waals surface area (Å²) in [4.78, 5) is 16.3. The molecule has 0 spiro atoms. The average molecular weight is 585 g/mol. The topological polar surface area (TPSA) is 159 Å². The van der Waals surface area contributed by atoms with Gasteiger partial charge in [0.1, 0.15) is 12.2 Å². The van der Waals surface area contributed by atoms with Crippen LogP contribution in [0.4, 0.5) is 0 Å². The summed E-state index contributed by atoms with van der Waals surface area (Å²) in [5, 5.41) is 39.6. The summed E-state index contributed by atoms with van der Waals surface area (Å²) in [6, 6.07) is 5.69. The highest BCUT2D eigenvalue weighted by molar-refractivity contribution is 5.77. The molecule has 1 fully saturated rings. The third-order valence-electron chi connectivity index (χ3n) is 9.18. The molecule has 10 heteroatoms. The van der Waals surface area contributed by atoms with Crippen LogP contribution >= 0.6 is 0 Å². The Bertz CT molecular complexity index is 1160. The molecule has 4 rings (SSSR count). The summed E-state index contributed by atoms with van der Waals surface area (Å²) < 4.78 is 12.2. The first-order valence-corrected chi connectivity index (χ1v) is 15.3. The lowest BCUT2D eigenvalue weighted by Gasteiger charge is -2.37. The highest BCUT2D eigenvalue weighted by Crippen LogP contribution is 2.38. The van der Waals surface area contributed by atoms with Crippen molar-refractivity contribution < 1.29 is 29.6 Å². The predicted molar refractivity (Wildman–Crippen MR) is 161 cm³/mol. The Hall–Kier alpha value is -3.00. The van der Waals surface area contributed by atoms with E-state index in [-0.39, 0.29) is 48.7 Å². The van der Waals surface area contributed by atoms with Crippen molar-refractivity contribution in [1.82, 2.24) is 10.6 Å². The van der Waals surface area contributed by atoms with Crippen molar-refractivity contribution in [3.05, 3.63) is 23.8 Å². The predicted octanol–water partition coefficient (Wildman–Crippen LogP) is 2.23. The highest BCUT2D eigenvalue weighted by atomic mass is 16.5. The van der Waals surface area contributed by atoms with Crippen molar-refractivity contribution in [3.63, 3.8) is 0 Å². The number of aromatic hydroxyl groups is 1. The maximum atomic E-state index is 12.3. The minimum atomic E-state index is -0.867. The van der Waals surface area contributed by atoms with Gasteiger partial charge in [0.05, 0.1) is 17.6 Å². The first kappa shape index (κ1) is 31.9. The van der Waals surface area contributed by atoms with Gasteiger partial charge in [0.15, 0.2) is 17.5 Å². The lowest BCUT2D eigenvalue weighted by Crippen LogP contribution is -2.47. The molecule has 2 aliphatic heterocycles. The van der Waals surface area contributed by atoms with Crippen LogP contribution in [0.5, 0.6) is 11.5 Å². The van der Waals surface area contributed by atoms with Gasteiger partial charge in [-0.3, -0.25) is 9.79 Å². The number of nitrogens with zero attached hydrogens (tertiary/aromatic N) is 1. The van der Waals surface area contributed by atoms with Crippen molar-refractivity contribution in [1.29, 1.82) is 0 Å². The zero-order valence-corrected chi connectivity index (χ0v) is 25.1. The van der Waals surface area contributed by atoms with Crippen molar-refractivity contribution in [2.75, 3.05) is 20.1 Å². The number of phenolic OH excluding ortho intramolecular Hbond substituents is 1. The molecule has 0 amide bonds. The van der Waals surface area contributed by atoms with Crippen LogP contribution in [0.25, 0.3) is 0 Å². The molecule has 0 aromatic heterocycles. The van der Waals surface area contributed by atoms with Crippen LogP contribution in [0.15, 0.2) is 23.2 Å². The van der Waals surface area contributed by atoms with E-state index in [1.807, 2.05) is 12.1 Å². The van der Waals surface area contributed by atoms with Gasteiger partial charge in [-0.1, -0.05) is 24.3 Å². The molecule has 42 heavy (non-hydrogen) atoms. The summed E-state index contributed by atoms with van der Waals surface area (Å²) in [6.07, 6.45) is 3.78. The van der Waals surface area contributed by atoms with Crippen LogP contribution in [-0.2, 0) is 16.0 Å². The van der Waals surface area contributed by atoms with E-state index >= 15 is 0 Å². The van der Waals surface area contributed by atoms with Crippen LogP contribution in [0.1, 0.15) is 70.8 Å². The number of aliphatic imine (C=N–C) groups is 1. The van der Waals surface area contributed by atoms with Gasteiger partial charge in [-0.15, -0.1) is 0 Å². The number of hydrogen-bond donors (Lipinski definition) is 6. The van der Waals surface area contributed by atoms with E-state index in [0.717, 1.165) is 44.2 Å². The monoisotopic (exact) mass is 584 g/mol. The van der Waals surface area contributed by atoms with Gasteiger partial charge in [-0.05, 0) is 76.1 Å². The second-order valence-corrected chi connectivity index (χ2v) is 12.3. The van der Waals surface area contributed by atoms with Gasteiger partial charge in [-0.25, -0.2) is 0 Å². The van der Waals surface area contributed by atoms with E-state index < -0.39 is 29.7 Å². The number of piperidine rings is 1. The van der Waals surface area contributed by atoms with Crippen LogP contribution in [0.3, 0.4) is 0 Å². The smallest absolute Gasteiger partial charge is 0.302 e. The Kier molecular flexibility index (Phi) is 11.0. The van der Waals surface area contributed by atoms with E-state index in [0.29, 0.717) is 25.0 Å². The summed E-state index contributed by atoms with van der Waals surface area (Å²) in [5.41, 5.74) is 6.01. The SMILES string of the molecule is CN=C(N)NC[C@@]1([C@H](C)O)C#C[C@H]2CCC[C@H]3C[C@@H](CCN3)Oc3cc(ccc3O)C[C@@H]2[C@@H](OC(C)=O)C[C@@H](O)CC1. The Morgan fingerprint density at radius 2 is 2.12 bits per heavy atom. The molecule has 7 N–H and O–H groups in total. The number of rotatable bonds is 4. The van der Waals surface area contributed by atoms with Crippen LogP contribution in [0, 0.1) is 29.1 Å². The lowest BCUT2D eigenvalue weighted by atomic mass is 9.73. The van der Waals surface area contributed by atoms with Gasteiger partial charge in [0.2, 0.25) is 0 Å². The number of ether oxygens (including phenoxy) is 2. The van der Waals surface area contributed by atoms with E-state index in [2.05, 4.69) is 27.5 Å². The Balaban J connectivity index is 1.80. The second kappa shape index (κ2) is 14.5. The number of fused-ring (bicyclic) bond motifs is 5. The molecule has 232 valence electrons. The molecular formula is C32H48N4O6. The number of phenols is 1. The molecule has 10 nitrogen and oxygen atoms in total. The molecule has 8 atom stereocenters. The minimum absolute atomic E-state index is 0.0147. The Morgan fingerprint density at radius 3 is 2.86 bits per heavy atom. The normalized spacial score (nSPS) is 33.0. The van der Waals surface area contributed by atoms with Crippen molar-refractivity contribution in [3.8, 4) is 23.3 Å². The standard InChI is InChI=1S/C32H48N4O6/c1-20(37)32(19-36-31(33)34-3)12-9-23-5-4-6-24-17-26(11-14-35-24)42-30-16-22(7-8-28(30)40)15-27(23)29(41-21(2)38)18-25(39)10-13-32/h7-8,16,20,23-27,29,35,37,39-40H,4-6,10-11,13-15,17-19H2,1-3H3,(H3,33,34,36)/t20-,23+,24-,25-,26+,27-,29-,32+/m0/s1. The number of nitrogens with one attached hydrogen (secondary N) is 2. The minimum Gasteiger partial charge on any atom is -0.504 e. The van der Waals surface area contributed by atoms with Gasteiger partial charge >= 0.3 is 5.97 Å². The number of nitrogens with two attached hydrogens (primary N) is 1. The number of guanidine groups is 1. The zero-order valence-electron chi connectivity index (χ0n) is 25.1. The molecular weight excluding hydrogens is 536 g/mol. The van der Waals surface area contributed by atoms with Gasteiger partial charge < -0.3 is 41.2 Å². The third kappa shape index (κ3) is 8.30. The molecule has 3 aliphatic rings. The number of aliphatic hydroxyl groups excluding tert-OH is 2. The molecule has 1 aromatic carbocycles. The number of carbonyl (C=O) groups is 1. The Morgan fingerprint density at radius 1 is 1.31 bits per heavy atom. The maximum absolute atomic E-state index is 12.3. The molecule has 0 saturated carbocycles. The zero-order chi connectivity index (χ0) is 30.3. The second-order valence-electron chi connectivity index (χ2n) is 12.3. The van der Waals surface area contributed by atoms with E-state index in [1.54, 1.807) is 20.0 Å². The van der Waals surface area contributed by atoms with Crippen molar-refractivity contribution in [2.45, 2.75) is 102 Å². The molecule has 0 unspecified atom stereocenters. The fraction of sp³-hybridized carbons (Fsp3) is 0.688. The number of esters is 1. The molecule has 2 heterocycles. The molecule has 1 aliphatic carbocycles. The third-order valence-corrected chi connectivity index (χ3v) is 9.18. The van der Waals surface area contributed by atoms with Gasteiger partial charge in [0.25, 0.3) is 0 Å². The first-order valence-electron chi connectivity index (χ1n) is 15.3. The van der Waals surface area contributed by atoms with Crippen LogP contribution in [-0.4, -0.2) is 77.8 Å². The van der Waals surface area contributed by atoms with Gasteiger partial charge in [-0.2, -0.15) is 0 Å². The molecule has 1 saturated heterocycles. The van der Waals surface area contributed by atoms with E-state index in [4.69, 9.17) is 15.2 Å². The van der Waals surface area contributed by atoms with Gasteiger partial charge in [0, 0.05) is 44.8 Å². The largest absolute Gasteiger partial charge is 0.504 e. The summed E-state index contributed by atoms with van der Waals surface area (Å²) in [7, 11) is 1.59. The average Bonchev–Trinajstić information content (AvgIpc) is 2.95. The fourth-order valence-electron chi connectivity index (χ4n) is 6.59. The summed E-state index contributed by atoms with van der Waals surface area (Å²) in [6.45, 7) is 4.25. The van der Waals surface area contributed by atoms with Crippen molar-refractivity contribution >= 4 is 11.9 Å². The van der Waals surface area contributed by atoms with Crippen LogP contribution in [0.2, 0.25) is 0 Å². The highest BCUT2D eigenvalue weighted by Gasteiger charge is 2.39. The van der Waals surface area contributed by atoms with Crippen molar-refractivity contribution in [2.24, 2.45) is 28.0 Å². The number of carbonyl (C=O) groups excluding carboxylic acids is 1. The fourth-order valence-corrected chi connectivity index (χ4v) is 6.59. The number of aliphatic hydroxyl groups is 2. The quantitative estimate of drug-likeness (QED) is 0.135. The maximum Gasteiger partial charge on any atom is 0.302 e. The molecule has 4 bridgehead atoms. The first-order chi connectivity index (χ1) is 20.1. The molecule has 0 radical (unpaired) electrons. The summed E-state index contributed by atoms with van der Waals surface area (Å²) >= 11 is 0. The molecule has 1 aromatic rings.